The Morgan fingerprint density at radius 2 is 0.984 bits per heavy atom. The Kier molecular flexibility index (Phi) is 11.4. The minimum Gasteiger partial charge on any atom is -0.251 e. The highest BCUT2D eigenvalue weighted by atomic mass is 32.1. The number of thiazole rings is 2. The number of rotatable bonds is 16. The van der Waals surface area contributed by atoms with Crippen molar-refractivity contribution in [1.82, 2.24) is 37.4 Å². The number of para-hydroxylation sites is 2. The second-order valence-corrected chi connectivity index (χ2v) is 26.2. The van der Waals surface area contributed by atoms with Crippen molar-refractivity contribution < 1.29 is 0 Å². The number of aromatic nitrogens is 8. The van der Waals surface area contributed by atoms with E-state index in [-0.39, 0.29) is 0 Å². The largest absolute Gasteiger partial charge is 0.251 e. The molecule has 0 saturated carbocycles. The summed E-state index contributed by atoms with van der Waals surface area (Å²) in [4.78, 5) is 25.6. The normalized spacial score (nSPS) is 14.3. The summed E-state index contributed by atoms with van der Waals surface area (Å²) >= 11 is 9.77. The van der Waals surface area contributed by atoms with E-state index in [2.05, 4.69) is 76.2 Å². The van der Waals surface area contributed by atoms with Crippen molar-refractivity contribution in [2.45, 2.75) is 91.1 Å². The zero-order valence-corrected chi connectivity index (χ0v) is 41.6. The first kappa shape index (κ1) is 41.5. The van der Waals surface area contributed by atoms with E-state index in [1.54, 1.807) is 33.0 Å². The molecule has 63 heavy (non-hydrogen) atoms. The van der Waals surface area contributed by atoms with Crippen LogP contribution in [0.15, 0.2) is 73.1 Å². The fraction of sp³-hybridized carbons (Fsp3) is 0.333. The first-order valence-corrected chi connectivity index (χ1v) is 29.4. The molecule has 0 radical (unpaired) electrons. The highest BCUT2D eigenvalue weighted by Crippen LogP contribution is 2.50. The lowest BCUT2D eigenvalue weighted by atomic mass is 10.0. The molecule has 9 heterocycles. The van der Waals surface area contributed by atoms with Crippen LogP contribution in [0.1, 0.15) is 79.1 Å². The van der Waals surface area contributed by atoms with Crippen molar-refractivity contribution in [3.63, 3.8) is 0 Å². The summed E-state index contributed by atoms with van der Waals surface area (Å²) in [6.07, 6.45) is 14.1. The minimum absolute atomic E-state index is 0.680. The third-order valence-corrected chi connectivity index (χ3v) is 24.6. The molecular formula is C48H46N8S6Si. The van der Waals surface area contributed by atoms with E-state index in [0.29, 0.717) is 11.8 Å². The summed E-state index contributed by atoms with van der Waals surface area (Å²) in [7, 11) is -2.34. The lowest BCUT2D eigenvalue weighted by Gasteiger charge is -2.35. The van der Waals surface area contributed by atoms with Gasteiger partial charge < -0.3 is 0 Å². The molecule has 8 aromatic heterocycles. The van der Waals surface area contributed by atoms with E-state index in [9.17, 15) is 0 Å². The van der Waals surface area contributed by atoms with E-state index in [4.69, 9.17) is 37.4 Å². The summed E-state index contributed by atoms with van der Waals surface area (Å²) in [5, 5.41) is 5.05. The number of fused-ring (bicyclic) bond motifs is 7. The van der Waals surface area contributed by atoms with Crippen LogP contribution in [0.25, 0.3) is 94.5 Å². The predicted octanol–water partition coefficient (Wildman–Crippen LogP) is 14.5. The van der Waals surface area contributed by atoms with Crippen molar-refractivity contribution in [2.75, 3.05) is 0 Å². The second kappa shape index (κ2) is 17.3. The molecule has 0 aliphatic carbocycles. The number of unbranched alkanes of at least 4 members (excludes halogenated alkanes) is 2. The molecule has 0 fully saturated rings. The number of nitrogens with zero attached hydrogens (tertiary/aromatic N) is 8. The van der Waals surface area contributed by atoms with Gasteiger partial charge in [0.15, 0.2) is 0 Å². The van der Waals surface area contributed by atoms with Crippen LogP contribution >= 0.6 is 68.8 Å². The SMILES string of the molecule is CCCCC(CC)C[Si]1(CC(CC)CCCC)c2cc(-c3cnc(-c4nc5ccccc5s4)c4nsnc34)sc2-c2sc(-c3cnc(-c4nc5ccccc5s4)c4nsnc34)cc21. The van der Waals surface area contributed by atoms with Gasteiger partial charge in [-0.1, -0.05) is 103 Å². The van der Waals surface area contributed by atoms with Crippen molar-refractivity contribution >= 4 is 130 Å². The van der Waals surface area contributed by atoms with Crippen LogP contribution in [0.2, 0.25) is 12.1 Å². The van der Waals surface area contributed by atoms with Crippen molar-refractivity contribution in [3.8, 4) is 52.0 Å². The Balaban J connectivity index is 1.08. The minimum atomic E-state index is -2.34. The maximum absolute atomic E-state index is 5.13. The Hall–Kier alpha value is -4.22. The molecule has 1 aliphatic heterocycles. The molecule has 0 spiro atoms. The van der Waals surface area contributed by atoms with Gasteiger partial charge in [0.25, 0.3) is 0 Å². The molecule has 15 heteroatoms. The lowest BCUT2D eigenvalue weighted by Crippen LogP contribution is -2.56. The average Bonchev–Trinajstić information content (AvgIpc) is 4.17. The van der Waals surface area contributed by atoms with Gasteiger partial charge in [0.1, 0.15) is 51.5 Å². The third kappa shape index (κ3) is 7.22. The van der Waals surface area contributed by atoms with Gasteiger partial charge in [0, 0.05) is 43.0 Å². The van der Waals surface area contributed by atoms with Crippen LogP contribution in [0, 0.1) is 11.8 Å². The lowest BCUT2D eigenvalue weighted by molar-refractivity contribution is 0.469. The summed E-state index contributed by atoms with van der Waals surface area (Å²) in [6, 6.07) is 24.3. The fourth-order valence-electron chi connectivity index (χ4n) is 9.80. The zero-order valence-electron chi connectivity index (χ0n) is 35.7. The van der Waals surface area contributed by atoms with Gasteiger partial charge in [-0.05, 0) is 70.7 Å². The maximum atomic E-state index is 5.13. The average molecular weight is 955 g/mol. The first-order chi connectivity index (χ1) is 31.0. The Morgan fingerprint density at radius 1 is 0.540 bits per heavy atom. The Morgan fingerprint density at radius 3 is 1.41 bits per heavy atom. The van der Waals surface area contributed by atoms with Gasteiger partial charge >= 0.3 is 0 Å². The molecule has 11 rings (SSSR count). The van der Waals surface area contributed by atoms with Crippen LogP contribution in [-0.2, 0) is 0 Å². The standard InChI is InChI=1S/C48H46N8S6Si/c1-5-9-15-27(7-3)25-63(26-28(8-4)16-10-6-2)37-21-35(29-23-49-43(41-39(29)53-61-55-41)47-51-31-17-11-13-19-33(31)59-47)57-45(37)46-38(63)22-36(58-46)30-24-50-44(42-40(30)54-62-56-42)48-52-32-18-12-14-20-34(32)60-48/h11-14,17-24,27-28H,5-10,15-16,25-26H2,1-4H3. The first-order valence-electron chi connectivity index (χ1n) is 22.2. The zero-order chi connectivity index (χ0) is 42.7. The molecule has 318 valence electrons. The quantitative estimate of drug-likeness (QED) is 0.0882. The molecule has 0 saturated heterocycles. The van der Waals surface area contributed by atoms with Crippen molar-refractivity contribution in [2.24, 2.45) is 11.8 Å². The Labute approximate surface area is 392 Å². The van der Waals surface area contributed by atoms with Crippen LogP contribution in [-0.4, -0.2) is 45.5 Å². The highest BCUT2D eigenvalue weighted by molar-refractivity contribution is 7.32. The van der Waals surface area contributed by atoms with E-state index in [1.165, 1.54) is 106 Å². The molecule has 2 atom stereocenters. The molecule has 2 aromatic carbocycles. The number of hydrogen-bond donors (Lipinski definition) is 0. The van der Waals surface area contributed by atoms with E-state index in [0.717, 1.165) is 75.0 Å². The monoisotopic (exact) mass is 954 g/mol. The molecular weight excluding hydrogens is 909 g/mol. The summed E-state index contributed by atoms with van der Waals surface area (Å²) in [5.41, 5.74) is 9.28. The van der Waals surface area contributed by atoms with Crippen molar-refractivity contribution in [1.29, 1.82) is 0 Å². The van der Waals surface area contributed by atoms with Gasteiger partial charge in [0.05, 0.1) is 43.9 Å². The smallest absolute Gasteiger partial charge is 0.145 e. The number of hydrogen-bond acceptors (Lipinski definition) is 14. The molecule has 0 N–H and O–H groups in total. The van der Waals surface area contributed by atoms with Crippen LogP contribution in [0.3, 0.4) is 0 Å². The number of benzene rings is 2. The molecule has 1 aliphatic rings. The second-order valence-electron chi connectivity index (χ2n) is 17.0. The maximum Gasteiger partial charge on any atom is 0.145 e. The molecule has 0 bridgehead atoms. The van der Waals surface area contributed by atoms with E-state index in [1.807, 2.05) is 47.2 Å². The van der Waals surface area contributed by atoms with Gasteiger partial charge in [-0.2, -0.15) is 17.5 Å². The van der Waals surface area contributed by atoms with Crippen LogP contribution in [0.4, 0.5) is 0 Å². The summed E-state index contributed by atoms with van der Waals surface area (Å²) < 4.78 is 22.0. The van der Waals surface area contributed by atoms with Gasteiger partial charge in [-0.25, -0.2) is 9.97 Å². The predicted molar refractivity (Wildman–Crippen MR) is 275 cm³/mol. The molecule has 10 aromatic rings. The van der Waals surface area contributed by atoms with E-state index < -0.39 is 8.07 Å². The molecule has 0 amide bonds. The third-order valence-electron chi connectivity index (χ3n) is 13.2. The van der Waals surface area contributed by atoms with Gasteiger partial charge in [-0.15, -0.1) is 45.3 Å². The Bertz CT molecular complexity index is 2980. The van der Waals surface area contributed by atoms with Gasteiger partial charge in [-0.3, -0.25) is 9.97 Å². The topological polar surface area (TPSA) is 103 Å². The van der Waals surface area contributed by atoms with Crippen molar-refractivity contribution in [3.05, 3.63) is 73.1 Å². The molecule has 8 nitrogen and oxygen atoms in total. The van der Waals surface area contributed by atoms with Crippen LogP contribution in [0.5, 0.6) is 0 Å². The van der Waals surface area contributed by atoms with Crippen LogP contribution < -0.4 is 10.4 Å². The highest BCUT2D eigenvalue weighted by Gasteiger charge is 2.50. The summed E-state index contributed by atoms with van der Waals surface area (Å²) in [5.74, 6) is 1.36. The molecule has 2 unspecified atom stereocenters. The number of thiophene rings is 2. The summed E-state index contributed by atoms with van der Waals surface area (Å²) in [6.45, 7) is 9.55. The van der Waals surface area contributed by atoms with Gasteiger partial charge in [0.2, 0.25) is 0 Å². The number of pyridine rings is 2. The fourth-order valence-corrected chi connectivity index (χ4v) is 23.3. The van der Waals surface area contributed by atoms with E-state index >= 15 is 0 Å².